The van der Waals surface area contributed by atoms with Crippen LogP contribution in [0.25, 0.3) is 0 Å². The molecule has 1 atom stereocenters. The van der Waals surface area contributed by atoms with Gasteiger partial charge in [-0.15, -0.1) is 0 Å². The summed E-state index contributed by atoms with van der Waals surface area (Å²) < 4.78 is 18.8. The monoisotopic (exact) mass is 385 g/mol. The Balaban J connectivity index is 1.60. The number of ether oxygens (including phenoxy) is 1. The third kappa shape index (κ3) is 4.49. The first-order chi connectivity index (χ1) is 13.5. The fourth-order valence-corrected chi connectivity index (χ4v) is 4.24. The van der Waals surface area contributed by atoms with Gasteiger partial charge < -0.3 is 10.1 Å². The number of hydrogen-bond acceptors (Lipinski definition) is 4. The second-order valence-corrected chi connectivity index (χ2v) is 7.51. The summed E-state index contributed by atoms with van der Waals surface area (Å²) in [4.78, 5) is 20.4. The van der Waals surface area contributed by atoms with Crippen molar-refractivity contribution in [2.24, 2.45) is 5.92 Å². The van der Waals surface area contributed by atoms with Gasteiger partial charge in [-0.1, -0.05) is 6.92 Å². The van der Waals surface area contributed by atoms with Gasteiger partial charge in [-0.2, -0.15) is 4.39 Å². The molecule has 5 nitrogen and oxygen atoms in total. The van der Waals surface area contributed by atoms with Crippen LogP contribution in [0.3, 0.4) is 0 Å². The number of nitrogens with zero attached hydrogens (tertiary/aromatic N) is 2. The first-order valence-electron chi connectivity index (χ1n) is 9.95. The number of aromatic nitrogens is 2. The SMILES string of the molecule is CCC(NC(=O)c1ccc(OC)nc1)[C@H]1CC[C@H](c2ccnc(F)c2C)CC1. The molecular formula is C22H28FN3O2. The molecule has 2 aromatic heterocycles. The van der Waals surface area contributed by atoms with Gasteiger partial charge in [0, 0.05) is 30.1 Å². The third-order valence-electron chi connectivity index (χ3n) is 5.93. The number of nitrogens with one attached hydrogen (secondary N) is 1. The third-order valence-corrected chi connectivity index (χ3v) is 5.93. The van der Waals surface area contributed by atoms with Crippen LogP contribution in [0.5, 0.6) is 5.88 Å². The average Bonchev–Trinajstić information content (AvgIpc) is 2.74. The summed E-state index contributed by atoms with van der Waals surface area (Å²) in [6, 6.07) is 5.49. The maximum absolute atomic E-state index is 13.8. The normalized spacial score (nSPS) is 20.4. The number of methoxy groups -OCH3 is 1. The molecule has 1 aliphatic carbocycles. The van der Waals surface area contributed by atoms with Crippen LogP contribution in [0.2, 0.25) is 0 Å². The Morgan fingerprint density at radius 2 is 2.00 bits per heavy atom. The highest BCUT2D eigenvalue weighted by molar-refractivity contribution is 5.94. The smallest absolute Gasteiger partial charge is 0.253 e. The number of carbonyl (C=O) groups is 1. The maximum Gasteiger partial charge on any atom is 0.253 e. The number of amides is 1. The lowest BCUT2D eigenvalue weighted by molar-refractivity contribution is 0.0909. The van der Waals surface area contributed by atoms with E-state index in [1.54, 1.807) is 31.6 Å². The minimum atomic E-state index is -0.369. The van der Waals surface area contributed by atoms with Gasteiger partial charge in [0.05, 0.1) is 12.7 Å². The second kappa shape index (κ2) is 9.13. The van der Waals surface area contributed by atoms with E-state index in [1.165, 1.54) is 0 Å². The highest BCUT2D eigenvalue weighted by Crippen LogP contribution is 2.38. The largest absolute Gasteiger partial charge is 0.481 e. The van der Waals surface area contributed by atoms with Gasteiger partial charge in [0.2, 0.25) is 11.8 Å². The van der Waals surface area contributed by atoms with Crippen molar-refractivity contribution in [2.45, 2.75) is 57.9 Å². The van der Waals surface area contributed by atoms with Gasteiger partial charge in [0.25, 0.3) is 5.91 Å². The molecule has 1 saturated carbocycles. The van der Waals surface area contributed by atoms with Crippen molar-refractivity contribution < 1.29 is 13.9 Å². The summed E-state index contributed by atoms with van der Waals surface area (Å²) in [6.45, 7) is 3.91. The molecule has 0 saturated heterocycles. The Labute approximate surface area is 165 Å². The Bertz CT molecular complexity index is 802. The van der Waals surface area contributed by atoms with Crippen molar-refractivity contribution in [3.63, 3.8) is 0 Å². The van der Waals surface area contributed by atoms with Crippen molar-refractivity contribution in [1.82, 2.24) is 15.3 Å². The van der Waals surface area contributed by atoms with Crippen LogP contribution in [0.4, 0.5) is 4.39 Å². The van der Waals surface area contributed by atoms with Crippen LogP contribution in [0.1, 0.15) is 66.4 Å². The fourth-order valence-electron chi connectivity index (χ4n) is 4.24. The van der Waals surface area contributed by atoms with Gasteiger partial charge in [-0.25, -0.2) is 9.97 Å². The van der Waals surface area contributed by atoms with Gasteiger partial charge in [-0.3, -0.25) is 4.79 Å². The molecule has 3 rings (SSSR count). The molecule has 0 radical (unpaired) electrons. The zero-order valence-corrected chi connectivity index (χ0v) is 16.7. The van der Waals surface area contributed by atoms with Gasteiger partial charge in [-0.05, 0) is 68.6 Å². The Morgan fingerprint density at radius 1 is 1.25 bits per heavy atom. The zero-order chi connectivity index (χ0) is 20.1. The molecule has 2 aromatic rings. The minimum absolute atomic E-state index is 0.101. The van der Waals surface area contributed by atoms with Crippen LogP contribution < -0.4 is 10.1 Å². The van der Waals surface area contributed by atoms with Crippen molar-refractivity contribution >= 4 is 5.91 Å². The number of pyridine rings is 2. The number of carbonyl (C=O) groups excluding carboxylic acids is 1. The molecule has 1 fully saturated rings. The van der Waals surface area contributed by atoms with Gasteiger partial charge in [0.15, 0.2) is 0 Å². The van der Waals surface area contributed by atoms with Crippen LogP contribution in [-0.2, 0) is 0 Å². The van der Waals surface area contributed by atoms with E-state index in [0.717, 1.165) is 37.7 Å². The lowest BCUT2D eigenvalue weighted by atomic mass is 9.75. The standard InChI is InChI=1S/C22H28FN3O2/c1-4-19(26-22(27)17-9-10-20(28-3)25-13-17)16-7-5-15(6-8-16)18-11-12-24-21(23)14(18)2/h9-13,15-16,19H,4-8H2,1-3H3,(H,26,27)/t15-,16-,19?. The summed E-state index contributed by atoms with van der Waals surface area (Å²) in [5, 5.41) is 3.18. The van der Waals surface area contributed by atoms with Crippen LogP contribution in [-0.4, -0.2) is 29.0 Å². The molecule has 0 aliphatic heterocycles. The first-order valence-corrected chi connectivity index (χ1v) is 9.95. The first kappa shape index (κ1) is 20.2. The summed E-state index contributed by atoms with van der Waals surface area (Å²) in [7, 11) is 1.55. The van der Waals surface area contributed by atoms with E-state index < -0.39 is 0 Å². The molecule has 1 amide bonds. The molecule has 1 aliphatic rings. The number of rotatable bonds is 6. The molecule has 150 valence electrons. The van der Waals surface area contributed by atoms with Crippen LogP contribution in [0, 0.1) is 18.8 Å². The highest BCUT2D eigenvalue weighted by Gasteiger charge is 2.29. The molecule has 0 spiro atoms. The number of hydrogen-bond donors (Lipinski definition) is 1. The number of halogens is 1. The van der Waals surface area contributed by atoms with Crippen molar-refractivity contribution in [3.8, 4) is 5.88 Å². The van der Waals surface area contributed by atoms with E-state index in [9.17, 15) is 9.18 Å². The molecule has 6 heteroatoms. The van der Waals surface area contributed by atoms with Crippen LogP contribution >= 0.6 is 0 Å². The Kier molecular flexibility index (Phi) is 6.60. The minimum Gasteiger partial charge on any atom is -0.481 e. The summed E-state index contributed by atoms with van der Waals surface area (Å²) >= 11 is 0. The zero-order valence-electron chi connectivity index (χ0n) is 16.7. The quantitative estimate of drug-likeness (QED) is 0.748. The van der Waals surface area contributed by atoms with Crippen molar-refractivity contribution in [3.05, 3.63) is 53.2 Å². The molecule has 1 N–H and O–H groups in total. The lowest BCUT2D eigenvalue weighted by Crippen LogP contribution is -2.41. The van der Waals surface area contributed by atoms with Gasteiger partial charge >= 0.3 is 0 Å². The maximum atomic E-state index is 13.8. The van der Waals surface area contributed by atoms with E-state index in [1.807, 2.05) is 13.0 Å². The van der Waals surface area contributed by atoms with E-state index in [2.05, 4.69) is 22.2 Å². The lowest BCUT2D eigenvalue weighted by Gasteiger charge is -2.34. The molecule has 28 heavy (non-hydrogen) atoms. The molecule has 0 aromatic carbocycles. The van der Waals surface area contributed by atoms with Crippen LogP contribution in [0.15, 0.2) is 30.6 Å². The van der Waals surface area contributed by atoms with E-state index in [-0.39, 0.29) is 17.9 Å². The Hall–Kier alpha value is -2.50. The fraction of sp³-hybridized carbons (Fsp3) is 0.500. The summed E-state index contributed by atoms with van der Waals surface area (Å²) in [5.74, 6) is 0.823. The van der Waals surface area contributed by atoms with Crippen molar-refractivity contribution in [2.75, 3.05) is 7.11 Å². The predicted octanol–water partition coefficient (Wildman–Crippen LogP) is 4.42. The van der Waals surface area contributed by atoms with E-state index in [0.29, 0.717) is 28.8 Å². The van der Waals surface area contributed by atoms with E-state index >= 15 is 0 Å². The topological polar surface area (TPSA) is 64.1 Å². The molecule has 1 unspecified atom stereocenters. The molecule has 2 heterocycles. The second-order valence-electron chi connectivity index (χ2n) is 7.51. The predicted molar refractivity (Wildman–Crippen MR) is 106 cm³/mol. The van der Waals surface area contributed by atoms with Gasteiger partial charge in [0.1, 0.15) is 0 Å². The molecule has 0 bridgehead atoms. The Morgan fingerprint density at radius 3 is 2.61 bits per heavy atom. The van der Waals surface area contributed by atoms with Crippen molar-refractivity contribution in [1.29, 1.82) is 0 Å². The average molecular weight is 385 g/mol. The highest BCUT2D eigenvalue weighted by atomic mass is 19.1. The summed E-state index contributed by atoms with van der Waals surface area (Å²) in [5.41, 5.74) is 2.28. The molecular weight excluding hydrogens is 357 g/mol. The van der Waals surface area contributed by atoms with E-state index in [4.69, 9.17) is 4.74 Å². The summed E-state index contributed by atoms with van der Waals surface area (Å²) in [6.07, 6.45) is 8.03.